The first-order valence-electron chi connectivity index (χ1n) is 6.29. The normalized spacial score (nSPS) is 16.2. The average molecular weight is 229 g/mol. The van der Waals surface area contributed by atoms with E-state index in [-0.39, 0.29) is 0 Å². The zero-order valence-corrected chi connectivity index (χ0v) is 10.2. The summed E-state index contributed by atoms with van der Waals surface area (Å²) < 4.78 is 5.55. The van der Waals surface area contributed by atoms with Crippen molar-refractivity contribution in [1.29, 1.82) is 0 Å². The maximum Gasteiger partial charge on any atom is 0.109 e. The Morgan fingerprint density at radius 3 is 2.59 bits per heavy atom. The third-order valence-corrected chi connectivity index (χ3v) is 2.90. The van der Waals surface area contributed by atoms with Gasteiger partial charge in [-0.25, -0.2) is 0 Å². The van der Waals surface area contributed by atoms with Crippen molar-refractivity contribution in [3.63, 3.8) is 0 Å². The lowest BCUT2D eigenvalue weighted by Gasteiger charge is -2.25. The van der Waals surface area contributed by atoms with E-state index in [0.29, 0.717) is 6.61 Å². The van der Waals surface area contributed by atoms with Crippen molar-refractivity contribution in [2.45, 2.75) is 19.3 Å². The quantitative estimate of drug-likeness (QED) is 0.583. The molecule has 0 N–H and O–H groups in total. The van der Waals surface area contributed by atoms with Crippen molar-refractivity contribution < 1.29 is 4.74 Å². The van der Waals surface area contributed by atoms with Gasteiger partial charge in [0.25, 0.3) is 0 Å². The lowest BCUT2D eigenvalue weighted by molar-refractivity contribution is 0.0352. The Bertz CT molecular complexity index is 371. The van der Waals surface area contributed by atoms with Gasteiger partial charge in [0.15, 0.2) is 0 Å². The number of benzene rings is 1. The summed E-state index contributed by atoms with van der Waals surface area (Å²) in [5.41, 5.74) is 1.05. The van der Waals surface area contributed by atoms with Gasteiger partial charge in [-0.1, -0.05) is 36.5 Å². The predicted molar refractivity (Wildman–Crippen MR) is 69.6 cm³/mol. The molecule has 2 rings (SSSR count). The SMILES string of the molecule is C(#Cc1ccccc1)COCN1CCCCC1. The third kappa shape index (κ3) is 4.60. The summed E-state index contributed by atoms with van der Waals surface area (Å²) in [6.45, 7) is 3.59. The van der Waals surface area contributed by atoms with Gasteiger partial charge < -0.3 is 4.74 Å². The van der Waals surface area contributed by atoms with Crippen LogP contribution in [0, 0.1) is 11.8 Å². The number of rotatable bonds is 3. The molecule has 0 radical (unpaired) electrons. The fraction of sp³-hybridized carbons (Fsp3) is 0.467. The van der Waals surface area contributed by atoms with Crippen molar-refractivity contribution in [2.75, 3.05) is 26.4 Å². The van der Waals surface area contributed by atoms with Crippen LogP contribution in [-0.2, 0) is 4.74 Å². The van der Waals surface area contributed by atoms with E-state index in [1.165, 1.54) is 32.4 Å². The smallest absolute Gasteiger partial charge is 0.109 e. The Morgan fingerprint density at radius 2 is 1.82 bits per heavy atom. The number of hydrogen-bond donors (Lipinski definition) is 0. The van der Waals surface area contributed by atoms with E-state index >= 15 is 0 Å². The second kappa shape index (κ2) is 7.11. The summed E-state index contributed by atoms with van der Waals surface area (Å²) >= 11 is 0. The highest BCUT2D eigenvalue weighted by Crippen LogP contribution is 2.07. The molecule has 1 aliphatic rings. The van der Waals surface area contributed by atoms with E-state index in [4.69, 9.17) is 4.74 Å². The highest BCUT2D eigenvalue weighted by molar-refractivity contribution is 5.33. The second-order valence-corrected chi connectivity index (χ2v) is 4.32. The first-order valence-corrected chi connectivity index (χ1v) is 6.29. The number of piperidine rings is 1. The largest absolute Gasteiger partial charge is 0.353 e. The molecule has 90 valence electrons. The molecular weight excluding hydrogens is 210 g/mol. The van der Waals surface area contributed by atoms with Crippen LogP contribution in [0.5, 0.6) is 0 Å². The molecule has 1 aliphatic heterocycles. The fourth-order valence-corrected chi connectivity index (χ4v) is 1.97. The van der Waals surface area contributed by atoms with Gasteiger partial charge >= 0.3 is 0 Å². The topological polar surface area (TPSA) is 12.5 Å². The van der Waals surface area contributed by atoms with Gasteiger partial charge in [-0.05, 0) is 25.0 Å². The molecule has 2 heteroatoms. The average Bonchev–Trinajstić information content (AvgIpc) is 2.41. The predicted octanol–water partition coefficient (Wildman–Crippen LogP) is 2.50. The van der Waals surface area contributed by atoms with Crippen LogP contribution in [0.25, 0.3) is 0 Å². The van der Waals surface area contributed by atoms with Crippen LogP contribution >= 0.6 is 0 Å². The van der Waals surface area contributed by atoms with Crippen LogP contribution in [0.1, 0.15) is 24.8 Å². The molecule has 1 heterocycles. The van der Waals surface area contributed by atoms with Gasteiger partial charge in [-0.2, -0.15) is 0 Å². The minimum Gasteiger partial charge on any atom is -0.353 e. The van der Waals surface area contributed by atoms with Gasteiger partial charge in [-0.3, -0.25) is 4.90 Å². The van der Waals surface area contributed by atoms with Crippen LogP contribution in [0.3, 0.4) is 0 Å². The van der Waals surface area contributed by atoms with Crippen molar-refractivity contribution >= 4 is 0 Å². The monoisotopic (exact) mass is 229 g/mol. The van der Waals surface area contributed by atoms with E-state index in [1.54, 1.807) is 0 Å². The summed E-state index contributed by atoms with van der Waals surface area (Å²) in [4.78, 5) is 2.35. The maximum absolute atomic E-state index is 5.55. The van der Waals surface area contributed by atoms with Crippen LogP contribution in [0.15, 0.2) is 30.3 Å². The van der Waals surface area contributed by atoms with Crippen LogP contribution in [0.2, 0.25) is 0 Å². The van der Waals surface area contributed by atoms with Crippen LogP contribution in [0.4, 0.5) is 0 Å². The lowest BCUT2D eigenvalue weighted by atomic mass is 10.1. The van der Waals surface area contributed by atoms with E-state index in [1.807, 2.05) is 30.3 Å². The standard InChI is InChI=1S/C15H19NO/c1-3-8-15(9-4-1)10-7-13-17-14-16-11-5-2-6-12-16/h1,3-4,8-9H,2,5-6,11-14H2. The van der Waals surface area contributed by atoms with Crippen molar-refractivity contribution in [3.05, 3.63) is 35.9 Å². The Kier molecular flexibility index (Phi) is 5.09. The highest BCUT2D eigenvalue weighted by Gasteiger charge is 2.08. The van der Waals surface area contributed by atoms with Gasteiger partial charge in [0, 0.05) is 18.7 Å². The van der Waals surface area contributed by atoms with Gasteiger partial charge in [0.2, 0.25) is 0 Å². The minimum absolute atomic E-state index is 0.519. The third-order valence-electron chi connectivity index (χ3n) is 2.90. The van der Waals surface area contributed by atoms with Crippen molar-refractivity contribution in [1.82, 2.24) is 4.90 Å². The zero-order chi connectivity index (χ0) is 11.8. The van der Waals surface area contributed by atoms with Crippen LogP contribution in [-0.4, -0.2) is 31.3 Å². The van der Waals surface area contributed by atoms with E-state index in [9.17, 15) is 0 Å². The summed E-state index contributed by atoms with van der Waals surface area (Å²) in [5.74, 6) is 6.13. The van der Waals surface area contributed by atoms with Gasteiger partial charge in [0.05, 0.1) is 0 Å². The number of hydrogen-bond acceptors (Lipinski definition) is 2. The van der Waals surface area contributed by atoms with E-state index in [2.05, 4.69) is 16.7 Å². The highest BCUT2D eigenvalue weighted by atomic mass is 16.5. The Labute approximate surface area is 104 Å². The molecule has 0 aliphatic carbocycles. The van der Waals surface area contributed by atoms with Gasteiger partial charge in [-0.15, -0.1) is 0 Å². The number of ether oxygens (including phenoxy) is 1. The van der Waals surface area contributed by atoms with Crippen molar-refractivity contribution in [3.8, 4) is 11.8 Å². The molecule has 0 atom stereocenters. The number of nitrogens with zero attached hydrogens (tertiary/aromatic N) is 1. The molecule has 0 amide bonds. The molecule has 17 heavy (non-hydrogen) atoms. The Morgan fingerprint density at radius 1 is 1.06 bits per heavy atom. The minimum atomic E-state index is 0.519. The molecule has 2 nitrogen and oxygen atoms in total. The molecule has 0 aromatic heterocycles. The van der Waals surface area contributed by atoms with E-state index < -0.39 is 0 Å². The molecule has 1 saturated heterocycles. The molecule has 0 spiro atoms. The summed E-state index contributed by atoms with van der Waals surface area (Å²) in [7, 11) is 0. The van der Waals surface area contributed by atoms with Gasteiger partial charge in [0.1, 0.15) is 13.3 Å². The second-order valence-electron chi connectivity index (χ2n) is 4.32. The molecule has 0 saturated carbocycles. The molecule has 1 aromatic carbocycles. The zero-order valence-electron chi connectivity index (χ0n) is 10.2. The molecular formula is C15H19NO. The fourth-order valence-electron chi connectivity index (χ4n) is 1.97. The summed E-state index contributed by atoms with van der Waals surface area (Å²) in [5, 5.41) is 0. The summed E-state index contributed by atoms with van der Waals surface area (Å²) in [6.07, 6.45) is 3.97. The molecule has 0 unspecified atom stereocenters. The van der Waals surface area contributed by atoms with E-state index in [0.717, 1.165) is 12.3 Å². The Balaban J connectivity index is 1.64. The first-order chi connectivity index (χ1) is 8.45. The summed E-state index contributed by atoms with van der Waals surface area (Å²) in [6, 6.07) is 10.0. The maximum atomic E-state index is 5.55. The molecule has 1 aromatic rings. The number of likely N-dealkylation sites (tertiary alicyclic amines) is 1. The lowest BCUT2D eigenvalue weighted by Crippen LogP contribution is -2.31. The van der Waals surface area contributed by atoms with Crippen LogP contribution < -0.4 is 0 Å². The molecule has 1 fully saturated rings. The Hall–Kier alpha value is -1.30. The molecule has 0 bridgehead atoms. The van der Waals surface area contributed by atoms with Crippen molar-refractivity contribution in [2.24, 2.45) is 0 Å². The first kappa shape index (κ1) is 12.2.